The van der Waals surface area contributed by atoms with Gasteiger partial charge in [-0.25, -0.2) is 4.79 Å². The van der Waals surface area contributed by atoms with Crippen molar-refractivity contribution in [1.29, 1.82) is 0 Å². The molecule has 5 heteroatoms. The lowest BCUT2D eigenvalue weighted by Crippen LogP contribution is -2.32. The molecule has 0 spiro atoms. The van der Waals surface area contributed by atoms with Gasteiger partial charge in [-0.2, -0.15) is 0 Å². The van der Waals surface area contributed by atoms with Crippen LogP contribution >= 0.6 is 11.6 Å². The fourth-order valence-corrected chi connectivity index (χ4v) is 2.66. The summed E-state index contributed by atoms with van der Waals surface area (Å²) in [5.41, 5.74) is 2.97. The molecule has 2 N–H and O–H groups in total. The number of nitrogens with one attached hydrogen (secondary N) is 1. The van der Waals surface area contributed by atoms with Gasteiger partial charge < -0.3 is 15.2 Å². The first-order chi connectivity index (χ1) is 12.5. The summed E-state index contributed by atoms with van der Waals surface area (Å²) in [6.07, 6.45) is 3.39. The van der Waals surface area contributed by atoms with Crippen LogP contribution in [0, 0.1) is 0 Å². The molecule has 4 nitrogen and oxygen atoms in total. The van der Waals surface area contributed by atoms with Gasteiger partial charge in [0, 0.05) is 23.7 Å². The zero-order chi connectivity index (χ0) is 18.9. The highest BCUT2D eigenvalue weighted by atomic mass is 35.5. The Morgan fingerprint density at radius 2 is 1.85 bits per heavy atom. The summed E-state index contributed by atoms with van der Waals surface area (Å²) in [5.74, 6) is -0.369. The standard InChI is InChI=1S/C21H24ClNO3/c1-15(23-14-20(24)18-8-10-19(22)11-9-18)13-17-5-3-16(4-6-17)7-12-21(25)26-2/h3-12,15,20,23-24H,13-14H2,1-2H3/b12-7+. The van der Waals surface area contributed by atoms with Crippen LogP contribution in [0.2, 0.25) is 5.02 Å². The third kappa shape index (κ3) is 6.64. The summed E-state index contributed by atoms with van der Waals surface area (Å²) in [4.78, 5) is 11.1. The quantitative estimate of drug-likeness (QED) is 0.546. The van der Waals surface area contributed by atoms with Crippen molar-refractivity contribution in [3.05, 3.63) is 76.3 Å². The number of hydrogen-bond donors (Lipinski definition) is 2. The Bertz CT molecular complexity index is 726. The van der Waals surface area contributed by atoms with Crippen molar-refractivity contribution in [2.24, 2.45) is 0 Å². The number of rotatable bonds is 8. The van der Waals surface area contributed by atoms with Crippen molar-refractivity contribution < 1.29 is 14.6 Å². The van der Waals surface area contributed by atoms with Gasteiger partial charge in [0.25, 0.3) is 0 Å². The van der Waals surface area contributed by atoms with Gasteiger partial charge in [-0.15, -0.1) is 0 Å². The molecule has 0 aromatic heterocycles. The average molecular weight is 374 g/mol. The summed E-state index contributed by atoms with van der Waals surface area (Å²) in [6.45, 7) is 2.56. The molecule has 2 rings (SSSR count). The molecule has 2 atom stereocenters. The van der Waals surface area contributed by atoms with E-state index in [1.165, 1.54) is 18.7 Å². The number of carbonyl (C=O) groups excluding carboxylic acids is 1. The van der Waals surface area contributed by atoms with E-state index < -0.39 is 6.10 Å². The first-order valence-electron chi connectivity index (χ1n) is 8.50. The summed E-state index contributed by atoms with van der Waals surface area (Å²) >= 11 is 5.86. The van der Waals surface area contributed by atoms with Gasteiger partial charge in [0.1, 0.15) is 0 Å². The number of halogens is 1. The average Bonchev–Trinajstić information content (AvgIpc) is 2.65. The Balaban J connectivity index is 1.81. The Kier molecular flexibility index (Phi) is 7.85. The molecular formula is C21H24ClNO3. The van der Waals surface area contributed by atoms with Crippen molar-refractivity contribution in [2.75, 3.05) is 13.7 Å². The van der Waals surface area contributed by atoms with E-state index in [2.05, 4.69) is 17.0 Å². The highest BCUT2D eigenvalue weighted by Gasteiger charge is 2.10. The number of benzene rings is 2. The zero-order valence-electron chi connectivity index (χ0n) is 15.0. The topological polar surface area (TPSA) is 58.6 Å². The van der Waals surface area contributed by atoms with Gasteiger partial charge in [0.15, 0.2) is 0 Å². The van der Waals surface area contributed by atoms with Gasteiger partial charge in [0.2, 0.25) is 0 Å². The second kappa shape index (κ2) is 10.1. The number of ether oxygens (including phenoxy) is 1. The molecule has 2 aromatic carbocycles. The molecule has 0 amide bonds. The van der Waals surface area contributed by atoms with Crippen LogP contribution in [0.5, 0.6) is 0 Å². The molecule has 0 radical (unpaired) electrons. The SMILES string of the molecule is COC(=O)/C=C/c1ccc(CC(C)NCC(O)c2ccc(Cl)cc2)cc1. The van der Waals surface area contributed by atoms with E-state index in [0.717, 1.165) is 17.5 Å². The lowest BCUT2D eigenvalue weighted by molar-refractivity contribution is -0.134. The minimum absolute atomic E-state index is 0.216. The molecule has 0 aliphatic rings. The predicted molar refractivity (Wildman–Crippen MR) is 105 cm³/mol. The minimum atomic E-state index is -0.569. The van der Waals surface area contributed by atoms with Crippen molar-refractivity contribution in [2.45, 2.75) is 25.5 Å². The number of aliphatic hydroxyl groups excluding tert-OH is 1. The molecule has 0 saturated carbocycles. The maximum atomic E-state index is 11.1. The Morgan fingerprint density at radius 1 is 1.19 bits per heavy atom. The monoisotopic (exact) mass is 373 g/mol. The first kappa shape index (κ1) is 20.2. The normalized spacial score (nSPS) is 13.5. The predicted octanol–water partition coefficient (Wildman–Crippen LogP) is 3.78. The zero-order valence-corrected chi connectivity index (χ0v) is 15.7. The van der Waals surface area contributed by atoms with Gasteiger partial charge >= 0.3 is 5.97 Å². The summed E-state index contributed by atoms with van der Waals surface area (Å²) in [5, 5.41) is 14.2. The van der Waals surface area contributed by atoms with Crippen LogP contribution in [-0.2, 0) is 16.0 Å². The summed E-state index contributed by atoms with van der Waals surface area (Å²) in [6, 6.07) is 15.4. The van der Waals surface area contributed by atoms with Crippen molar-refractivity contribution in [1.82, 2.24) is 5.32 Å². The number of hydrogen-bond acceptors (Lipinski definition) is 4. The van der Waals surface area contributed by atoms with E-state index in [4.69, 9.17) is 11.6 Å². The van der Waals surface area contributed by atoms with E-state index in [1.54, 1.807) is 18.2 Å². The smallest absolute Gasteiger partial charge is 0.330 e. The number of carbonyl (C=O) groups is 1. The molecule has 0 aliphatic heterocycles. The van der Waals surface area contributed by atoms with Crippen LogP contribution in [0.4, 0.5) is 0 Å². The molecule has 2 aromatic rings. The number of methoxy groups -OCH3 is 1. The summed E-state index contributed by atoms with van der Waals surface area (Å²) < 4.78 is 4.57. The maximum absolute atomic E-state index is 11.1. The Hall–Kier alpha value is -2.14. The lowest BCUT2D eigenvalue weighted by Gasteiger charge is -2.17. The van der Waals surface area contributed by atoms with Crippen LogP contribution in [0.1, 0.15) is 29.7 Å². The van der Waals surface area contributed by atoms with Gasteiger partial charge in [0.05, 0.1) is 13.2 Å². The van der Waals surface area contributed by atoms with E-state index in [-0.39, 0.29) is 12.0 Å². The molecule has 0 fully saturated rings. The van der Waals surface area contributed by atoms with Crippen molar-refractivity contribution in [3.63, 3.8) is 0 Å². The molecule has 0 aliphatic carbocycles. The van der Waals surface area contributed by atoms with Gasteiger partial charge in [-0.3, -0.25) is 0 Å². The summed E-state index contributed by atoms with van der Waals surface area (Å²) in [7, 11) is 1.36. The molecule has 0 saturated heterocycles. The molecule has 0 heterocycles. The fourth-order valence-electron chi connectivity index (χ4n) is 2.54. The molecule has 2 unspecified atom stereocenters. The van der Waals surface area contributed by atoms with E-state index in [9.17, 15) is 9.90 Å². The Labute approximate surface area is 159 Å². The Morgan fingerprint density at radius 3 is 2.46 bits per heavy atom. The van der Waals surface area contributed by atoms with Crippen LogP contribution in [-0.4, -0.2) is 30.8 Å². The second-order valence-corrected chi connectivity index (χ2v) is 6.62. The lowest BCUT2D eigenvalue weighted by atomic mass is 10.0. The van der Waals surface area contributed by atoms with Crippen LogP contribution in [0.15, 0.2) is 54.6 Å². The second-order valence-electron chi connectivity index (χ2n) is 6.18. The van der Waals surface area contributed by atoms with Gasteiger partial charge in [-0.1, -0.05) is 48.0 Å². The van der Waals surface area contributed by atoms with Crippen molar-refractivity contribution >= 4 is 23.6 Å². The van der Waals surface area contributed by atoms with Gasteiger partial charge in [-0.05, 0) is 48.2 Å². The molecular weight excluding hydrogens is 350 g/mol. The van der Waals surface area contributed by atoms with Crippen molar-refractivity contribution in [3.8, 4) is 0 Å². The third-order valence-electron chi connectivity index (χ3n) is 4.05. The fraction of sp³-hybridized carbons (Fsp3) is 0.286. The minimum Gasteiger partial charge on any atom is -0.466 e. The largest absolute Gasteiger partial charge is 0.466 e. The van der Waals surface area contributed by atoms with E-state index >= 15 is 0 Å². The number of aliphatic hydroxyl groups is 1. The molecule has 0 bridgehead atoms. The third-order valence-corrected chi connectivity index (χ3v) is 4.30. The highest BCUT2D eigenvalue weighted by molar-refractivity contribution is 6.30. The maximum Gasteiger partial charge on any atom is 0.330 e. The van der Waals surface area contributed by atoms with Crippen LogP contribution in [0.25, 0.3) is 6.08 Å². The van der Waals surface area contributed by atoms with Crippen LogP contribution < -0.4 is 5.32 Å². The highest BCUT2D eigenvalue weighted by Crippen LogP contribution is 2.16. The van der Waals surface area contributed by atoms with E-state index in [1.807, 2.05) is 36.4 Å². The molecule has 138 valence electrons. The van der Waals surface area contributed by atoms with E-state index in [0.29, 0.717) is 11.6 Å². The number of esters is 1. The first-order valence-corrected chi connectivity index (χ1v) is 8.87. The molecule has 26 heavy (non-hydrogen) atoms. The van der Waals surface area contributed by atoms with Crippen LogP contribution in [0.3, 0.4) is 0 Å².